The van der Waals surface area contributed by atoms with Gasteiger partial charge in [0.1, 0.15) is 56.9 Å². The highest BCUT2D eigenvalue weighted by Gasteiger charge is 2.28. The first-order valence-electron chi connectivity index (χ1n) is 45.5. The van der Waals surface area contributed by atoms with Crippen LogP contribution >= 0.6 is 0 Å². The lowest BCUT2D eigenvalue weighted by Gasteiger charge is -2.10. The molecule has 50 heteroatoms. The predicted molar refractivity (Wildman–Crippen MR) is 535 cm³/mol. The van der Waals surface area contributed by atoms with E-state index in [4.69, 9.17) is 0 Å². The first-order valence-corrected chi connectivity index (χ1v) is 45.5. The van der Waals surface area contributed by atoms with Crippen molar-refractivity contribution < 1.29 is 81.5 Å². The van der Waals surface area contributed by atoms with E-state index in [0.717, 1.165) is 19.5 Å². The van der Waals surface area contributed by atoms with E-state index >= 15 is 0 Å². The molecule has 17 amide bonds. The summed E-state index contributed by atoms with van der Waals surface area (Å²) < 4.78 is 17.9. The van der Waals surface area contributed by atoms with Gasteiger partial charge in [0, 0.05) is 224 Å². The van der Waals surface area contributed by atoms with E-state index in [1.165, 1.54) is 162 Å². The average molecular weight is 1980 g/mol. The number of hydrogen-bond donors (Lipinski definition) is 17. The van der Waals surface area contributed by atoms with Gasteiger partial charge in [-0.1, -0.05) is 0 Å². The van der Waals surface area contributed by atoms with Gasteiger partial charge in [0.15, 0.2) is 11.6 Å². The fourth-order valence-electron chi connectivity index (χ4n) is 15.4. The summed E-state index contributed by atoms with van der Waals surface area (Å²) in [5.74, 6) is -8.40. The van der Waals surface area contributed by atoms with E-state index in [1.54, 1.807) is 112 Å². The topological polar surface area (TPSA) is 586 Å². The Morgan fingerprint density at radius 1 is 0.208 bits per heavy atom. The van der Waals surface area contributed by atoms with Crippen LogP contribution in [0.1, 0.15) is 177 Å². The molecule has 17 N–H and O–H groups in total. The zero-order valence-electron chi connectivity index (χ0n) is 82.4. The third-order valence-corrected chi connectivity index (χ3v) is 22.6. The van der Waals surface area contributed by atoms with Gasteiger partial charge in [0.2, 0.25) is 41.2 Å². The van der Waals surface area contributed by atoms with E-state index in [-0.39, 0.29) is 184 Å². The maximum absolute atomic E-state index is 13.7. The monoisotopic (exact) mass is 1980 g/mol. The lowest BCUT2D eigenvalue weighted by Crippen LogP contribution is -2.32. The first-order chi connectivity index (χ1) is 68.3. The average Bonchev–Trinajstić information content (AvgIpc) is 1.70. The summed E-state index contributed by atoms with van der Waals surface area (Å²) in [5, 5.41) is 46.6. The van der Waals surface area contributed by atoms with Gasteiger partial charge in [-0.15, -0.1) is 0 Å². The molecule has 0 atom stereocenters. The summed E-state index contributed by atoms with van der Waals surface area (Å²) >= 11 is 0. The van der Waals surface area contributed by atoms with Crippen molar-refractivity contribution in [3.05, 3.63) is 204 Å². The molecule has 0 aliphatic carbocycles. The van der Waals surface area contributed by atoms with Gasteiger partial charge in [-0.25, -0.2) is 9.97 Å². The Morgan fingerprint density at radius 3 is 0.701 bits per heavy atom. The van der Waals surface area contributed by atoms with Crippen LogP contribution < -0.4 is 90.4 Å². The number of aryl methyl sites for hydroxylation is 12. The maximum Gasteiger partial charge on any atom is 0.291 e. The van der Waals surface area contributed by atoms with Gasteiger partial charge < -0.3 is 155 Å². The maximum atomic E-state index is 13.7. The fourth-order valence-corrected chi connectivity index (χ4v) is 15.4. The quantitative estimate of drug-likeness (QED) is 0.0230. The van der Waals surface area contributed by atoms with E-state index in [1.807, 2.05) is 38.0 Å². The molecule has 50 nitrogen and oxygen atoms in total. The molecule has 0 aromatic carbocycles. The number of nitrogens with zero attached hydrogens (tertiary/aromatic N) is 16. The SMILES string of the molecule is CN(C)CCCNC(=O)CCNC(=O)c1cc(NC(=O)c2cc(NC(=O)c3cc(NC(=O)CCNC(=O)c4cc(NC(=O)c5cc(NC(=O)c6cc(NC(=O)CCNC(=O)c7cc(NC(=O)c8cc(NC(=O)c9nc(NC(=O)CCCNC(=O)c%10cc(NC(=O)c%11nc(NC(=O)c%12cc(NC(=O)CCCN(C)C)cn%12C)cn%11C)cn%10C)cn9C)cn8C)cn7C)cn6C)cn5C)cn4C)cn3C)cn2C)cn1C. The van der Waals surface area contributed by atoms with Crippen LogP contribution in [-0.2, 0) is 109 Å². The Morgan fingerprint density at radius 2 is 0.417 bits per heavy atom. The number of nitrogens with one attached hydrogen (secondary N) is 17. The van der Waals surface area contributed by atoms with Gasteiger partial charge >= 0.3 is 0 Å². The third-order valence-electron chi connectivity index (χ3n) is 22.6. The van der Waals surface area contributed by atoms with Crippen LogP contribution in [0.2, 0.25) is 0 Å². The molecular formula is C94H117N33O17. The van der Waals surface area contributed by atoms with Crippen molar-refractivity contribution in [2.45, 2.75) is 51.4 Å². The molecule has 0 saturated carbocycles. The molecule has 0 aliphatic heterocycles. The number of rotatable bonds is 45. The Labute approximate surface area is 825 Å². The molecule has 0 radical (unpaired) electrons. The number of amides is 17. The second kappa shape index (κ2) is 46.7. The number of anilines is 12. The molecule has 12 rings (SSSR count). The Bertz CT molecular complexity index is 6950. The van der Waals surface area contributed by atoms with Crippen LogP contribution in [0.15, 0.2) is 135 Å². The standard InChI is InChI=1S/C94H117N33O17/c1-114(2)30-18-21-77(129)100-54-34-73(122(11)42-54)92(142)113-75-53-127(16)82(112-75)94(144)108-62-38-64(119(8)50-62)83(133)96-25-17-20-78(130)110-74-52-126(15)81(111-74)93(143)109-63-41-72(125(14)51-63)91(141)105-59-37-67(118(7)47-59)86(136)99-29-24-80(132)102-56-33-69(121(10)44-56)88(138)107-61-40-71(124(13)49-61)90(140)104-58-36-66(117(6)46-58)85(135)98-28-23-79(131)101-55-32-68(120(9)43-55)87(137)106-60-39-70(123(12)48-60)89(139)103-57-35-65(116(5)45-57)84(134)97-27-22-76(128)95-26-19-31-115(3)4/h32-53H,17-31H2,1-16H3,(H,95,128)(H,96,133)(H,97,134)(H,98,135)(H,99,136)(H,100,129)(H,101,131)(H,102,132)(H,103,139)(H,104,140)(H,105,141)(H,106,137)(H,107,138)(H,108,144)(H,109,143)(H,110,130)(H,113,142). The van der Waals surface area contributed by atoms with E-state index < -0.39 is 88.6 Å². The van der Waals surface area contributed by atoms with Crippen LogP contribution in [0.3, 0.4) is 0 Å². The summed E-state index contributed by atoms with van der Waals surface area (Å²) in [7, 11) is 27.0. The van der Waals surface area contributed by atoms with Gasteiger partial charge in [-0.05, 0) is 121 Å². The summed E-state index contributed by atoms with van der Waals surface area (Å²) in [6.07, 6.45) is 20.0. The second-order valence-corrected chi connectivity index (χ2v) is 35.0. The van der Waals surface area contributed by atoms with Gasteiger partial charge in [0.25, 0.3) is 70.9 Å². The molecule has 12 aromatic heterocycles. The van der Waals surface area contributed by atoms with Crippen molar-refractivity contribution in [1.29, 1.82) is 0 Å². The summed E-state index contributed by atoms with van der Waals surface area (Å²) in [5.41, 5.74) is 4.67. The predicted octanol–water partition coefficient (Wildman–Crippen LogP) is 4.69. The van der Waals surface area contributed by atoms with Crippen LogP contribution in [-0.4, -0.2) is 249 Å². The Hall–Kier alpha value is -17.9. The minimum atomic E-state index is -0.668. The minimum Gasteiger partial charge on any atom is -0.356 e. The number of carbonyl (C=O) groups excluding carboxylic acids is 17. The van der Waals surface area contributed by atoms with Crippen molar-refractivity contribution in [3.8, 4) is 0 Å². The third kappa shape index (κ3) is 27.8. The molecule has 0 bridgehead atoms. The highest BCUT2D eigenvalue weighted by atomic mass is 16.2. The fraction of sp³-hybridized carbons (Fsp3) is 0.330. The molecule has 0 unspecified atom stereocenters. The molecular weight excluding hydrogens is 1860 g/mol. The van der Waals surface area contributed by atoms with Crippen molar-refractivity contribution in [3.63, 3.8) is 0 Å². The van der Waals surface area contributed by atoms with Crippen molar-refractivity contribution in [1.82, 2.24) is 101 Å². The summed E-state index contributed by atoms with van der Waals surface area (Å²) in [6.45, 7) is 2.13. The number of hydrogen-bond acceptors (Lipinski definition) is 21. The molecule has 760 valence electrons. The van der Waals surface area contributed by atoms with Gasteiger partial charge in [-0.3, -0.25) is 81.5 Å². The highest BCUT2D eigenvalue weighted by Crippen LogP contribution is 2.27. The van der Waals surface area contributed by atoms with Crippen LogP contribution in [0.5, 0.6) is 0 Å². The number of carbonyl (C=O) groups is 17. The summed E-state index contributed by atoms with van der Waals surface area (Å²) in [4.78, 5) is 238. The number of aromatic nitrogens is 14. The zero-order chi connectivity index (χ0) is 104. The van der Waals surface area contributed by atoms with Gasteiger partial charge in [0.05, 0.1) is 56.9 Å². The van der Waals surface area contributed by atoms with E-state index in [2.05, 4.69) is 100 Å². The van der Waals surface area contributed by atoms with Gasteiger partial charge in [-0.2, -0.15) is 0 Å². The molecule has 12 aromatic rings. The van der Waals surface area contributed by atoms with Crippen LogP contribution in [0.4, 0.5) is 68.5 Å². The van der Waals surface area contributed by atoms with Crippen molar-refractivity contribution >= 4 is 169 Å². The van der Waals surface area contributed by atoms with Crippen LogP contribution in [0.25, 0.3) is 0 Å². The molecule has 0 spiro atoms. The smallest absolute Gasteiger partial charge is 0.291 e. The normalized spacial score (nSPS) is 11.1. The number of imidazole rings is 2. The molecule has 0 aliphatic rings. The lowest BCUT2D eigenvalue weighted by atomic mass is 10.3. The second-order valence-electron chi connectivity index (χ2n) is 35.0. The lowest BCUT2D eigenvalue weighted by molar-refractivity contribution is -0.121. The molecule has 12 heterocycles. The van der Waals surface area contributed by atoms with Crippen LogP contribution in [0, 0.1) is 0 Å². The van der Waals surface area contributed by atoms with Crippen molar-refractivity contribution in [2.24, 2.45) is 84.6 Å². The Balaban J connectivity index is 0.516. The molecule has 0 saturated heterocycles. The molecule has 144 heavy (non-hydrogen) atoms. The summed E-state index contributed by atoms with van der Waals surface area (Å²) in [6, 6.07) is 14.6. The first kappa shape index (κ1) is 105. The largest absolute Gasteiger partial charge is 0.356 e. The van der Waals surface area contributed by atoms with Crippen molar-refractivity contribution in [2.75, 3.05) is 138 Å². The Kier molecular flexibility index (Phi) is 34.1. The minimum absolute atomic E-state index is 0.0388. The molecule has 0 fully saturated rings. The van der Waals surface area contributed by atoms with E-state index in [0.29, 0.717) is 42.1 Å². The highest BCUT2D eigenvalue weighted by molar-refractivity contribution is 6.12. The zero-order valence-corrected chi connectivity index (χ0v) is 82.4. The van der Waals surface area contributed by atoms with E-state index in [9.17, 15) is 81.5 Å².